The number of amides is 1. The Bertz CT molecular complexity index is 928. The summed E-state index contributed by atoms with van der Waals surface area (Å²) in [6, 6.07) is 15.4. The molecule has 152 valence electrons. The number of hydrogen-bond acceptors (Lipinski definition) is 7. The van der Waals surface area contributed by atoms with Gasteiger partial charge in [0.15, 0.2) is 0 Å². The van der Waals surface area contributed by atoms with E-state index in [0.717, 1.165) is 22.6 Å². The fourth-order valence-corrected chi connectivity index (χ4v) is 3.32. The molecule has 0 fully saturated rings. The molecule has 0 aliphatic heterocycles. The summed E-state index contributed by atoms with van der Waals surface area (Å²) in [5.74, 6) is 2.27. The lowest BCUT2D eigenvalue weighted by Gasteiger charge is -2.08. The Labute approximate surface area is 173 Å². The second-order valence-electron chi connectivity index (χ2n) is 6.19. The Hall–Kier alpha value is -3.00. The van der Waals surface area contributed by atoms with Gasteiger partial charge in [-0.3, -0.25) is 4.79 Å². The molecule has 8 heteroatoms. The first-order chi connectivity index (χ1) is 14.2. The van der Waals surface area contributed by atoms with Gasteiger partial charge in [0.05, 0.1) is 26.4 Å². The summed E-state index contributed by atoms with van der Waals surface area (Å²) in [4.78, 5) is 12.1. The highest BCUT2D eigenvalue weighted by atomic mass is 32.2. The smallest absolute Gasteiger partial charge is 0.277 e. The van der Waals surface area contributed by atoms with E-state index in [4.69, 9.17) is 13.9 Å². The first-order valence-electron chi connectivity index (χ1n) is 9.14. The Morgan fingerprint density at radius 1 is 1.07 bits per heavy atom. The zero-order chi connectivity index (χ0) is 20.5. The first kappa shape index (κ1) is 20.7. The molecule has 0 radical (unpaired) electrons. The lowest BCUT2D eigenvalue weighted by Crippen LogP contribution is -2.27. The van der Waals surface area contributed by atoms with Crippen LogP contribution in [0.25, 0.3) is 0 Å². The van der Waals surface area contributed by atoms with Gasteiger partial charge in [-0.1, -0.05) is 42.1 Å². The molecule has 0 bridgehead atoms. The van der Waals surface area contributed by atoms with Gasteiger partial charge in [-0.05, 0) is 35.7 Å². The van der Waals surface area contributed by atoms with Gasteiger partial charge in [0.25, 0.3) is 5.22 Å². The second-order valence-corrected chi connectivity index (χ2v) is 7.11. The van der Waals surface area contributed by atoms with Crippen molar-refractivity contribution in [3.8, 4) is 11.5 Å². The van der Waals surface area contributed by atoms with Crippen molar-refractivity contribution in [2.45, 2.75) is 18.1 Å². The third-order valence-electron chi connectivity index (χ3n) is 4.20. The number of hydrogen-bond donors (Lipinski definition) is 1. The third kappa shape index (κ3) is 6.25. The molecule has 1 aromatic heterocycles. The van der Waals surface area contributed by atoms with E-state index in [1.165, 1.54) is 11.8 Å². The second kappa shape index (κ2) is 10.5. The molecule has 3 aromatic rings. The quantitative estimate of drug-likeness (QED) is 0.511. The van der Waals surface area contributed by atoms with Gasteiger partial charge < -0.3 is 19.2 Å². The minimum atomic E-state index is -0.0835. The molecule has 0 atom stereocenters. The van der Waals surface area contributed by atoms with Crippen LogP contribution in [0.15, 0.2) is 58.2 Å². The Balaban J connectivity index is 1.41. The standard InChI is InChI=1S/C21H23N3O4S/c1-26-17-9-7-15(8-10-17)13-20-23-24-21(28-20)29-14-19(25)22-12-11-16-5-3-4-6-18(16)27-2/h3-10H,11-14H2,1-2H3,(H,22,25). The topological polar surface area (TPSA) is 86.5 Å². The summed E-state index contributed by atoms with van der Waals surface area (Å²) in [5.41, 5.74) is 2.10. The molecular formula is C21H23N3O4S. The maximum atomic E-state index is 12.1. The van der Waals surface area contributed by atoms with Crippen LogP contribution in [-0.2, 0) is 17.6 Å². The number of thioether (sulfide) groups is 1. The zero-order valence-electron chi connectivity index (χ0n) is 16.4. The lowest BCUT2D eigenvalue weighted by molar-refractivity contribution is -0.118. The molecular weight excluding hydrogens is 390 g/mol. The molecule has 0 aliphatic rings. The number of aromatic nitrogens is 2. The van der Waals surface area contributed by atoms with Gasteiger partial charge in [0.2, 0.25) is 11.8 Å². The fourth-order valence-electron chi connectivity index (χ4n) is 2.71. The van der Waals surface area contributed by atoms with Crippen LogP contribution in [0, 0.1) is 0 Å². The fraction of sp³-hybridized carbons (Fsp3) is 0.286. The average molecular weight is 413 g/mol. The number of carbonyl (C=O) groups is 1. The molecule has 0 unspecified atom stereocenters. The van der Waals surface area contributed by atoms with Gasteiger partial charge in [0, 0.05) is 6.54 Å². The van der Waals surface area contributed by atoms with Gasteiger partial charge in [-0.2, -0.15) is 0 Å². The largest absolute Gasteiger partial charge is 0.497 e. The van der Waals surface area contributed by atoms with Crippen LogP contribution < -0.4 is 14.8 Å². The van der Waals surface area contributed by atoms with Crippen molar-refractivity contribution in [3.05, 3.63) is 65.5 Å². The van der Waals surface area contributed by atoms with Crippen molar-refractivity contribution >= 4 is 17.7 Å². The maximum Gasteiger partial charge on any atom is 0.277 e. The van der Waals surface area contributed by atoms with Crippen molar-refractivity contribution in [2.24, 2.45) is 0 Å². The van der Waals surface area contributed by atoms with Crippen molar-refractivity contribution in [1.82, 2.24) is 15.5 Å². The van der Waals surface area contributed by atoms with Gasteiger partial charge in [-0.25, -0.2) is 0 Å². The molecule has 1 heterocycles. The van der Waals surface area contributed by atoms with E-state index in [0.29, 0.717) is 30.5 Å². The minimum absolute atomic E-state index is 0.0835. The molecule has 0 saturated heterocycles. The van der Waals surface area contributed by atoms with E-state index in [2.05, 4.69) is 15.5 Å². The highest BCUT2D eigenvalue weighted by Crippen LogP contribution is 2.19. The van der Waals surface area contributed by atoms with E-state index in [1.807, 2.05) is 48.5 Å². The third-order valence-corrected chi connectivity index (χ3v) is 5.02. The van der Waals surface area contributed by atoms with Crippen LogP contribution in [0.3, 0.4) is 0 Å². The Morgan fingerprint density at radius 3 is 2.62 bits per heavy atom. The van der Waals surface area contributed by atoms with Crippen LogP contribution in [0.2, 0.25) is 0 Å². The number of ether oxygens (including phenoxy) is 2. The van der Waals surface area contributed by atoms with Crippen LogP contribution in [0.1, 0.15) is 17.0 Å². The molecule has 0 spiro atoms. The van der Waals surface area contributed by atoms with E-state index in [9.17, 15) is 4.79 Å². The summed E-state index contributed by atoms with van der Waals surface area (Å²) in [6.07, 6.45) is 1.23. The zero-order valence-corrected chi connectivity index (χ0v) is 17.2. The monoisotopic (exact) mass is 413 g/mol. The predicted octanol–water partition coefficient (Wildman–Crippen LogP) is 3.13. The van der Waals surface area contributed by atoms with Crippen molar-refractivity contribution in [2.75, 3.05) is 26.5 Å². The molecule has 0 saturated carbocycles. The Morgan fingerprint density at radius 2 is 1.86 bits per heavy atom. The molecule has 1 amide bonds. The van der Waals surface area contributed by atoms with Crippen LogP contribution in [0.5, 0.6) is 11.5 Å². The molecule has 7 nitrogen and oxygen atoms in total. The number of nitrogens with one attached hydrogen (secondary N) is 1. The SMILES string of the molecule is COc1ccc(Cc2nnc(SCC(=O)NCCc3ccccc3OC)o2)cc1. The van der Waals surface area contributed by atoms with Crippen LogP contribution in [0.4, 0.5) is 0 Å². The summed E-state index contributed by atoms with van der Waals surface area (Å²) < 4.78 is 16.1. The van der Waals surface area contributed by atoms with E-state index < -0.39 is 0 Å². The van der Waals surface area contributed by atoms with E-state index in [-0.39, 0.29) is 11.7 Å². The first-order valence-corrected chi connectivity index (χ1v) is 10.1. The number of benzene rings is 2. The summed E-state index contributed by atoms with van der Waals surface area (Å²) in [7, 11) is 3.27. The molecule has 2 aromatic carbocycles. The van der Waals surface area contributed by atoms with Gasteiger partial charge in [-0.15, -0.1) is 10.2 Å². The average Bonchev–Trinajstić information content (AvgIpc) is 3.20. The van der Waals surface area contributed by atoms with Gasteiger partial charge in [0.1, 0.15) is 11.5 Å². The van der Waals surface area contributed by atoms with Crippen LogP contribution in [-0.4, -0.2) is 42.6 Å². The number of carbonyl (C=O) groups excluding carboxylic acids is 1. The van der Waals surface area contributed by atoms with Gasteiger partial charge >= 0.3 is 0 Å². The molecule has 3 rings (SSSR count). The summed E-state index contributed by atoms with van der Waals surface area (Å²) in [5, 5.41) is 11.3. The van der Waals surface area contributed by atoms with Crippen molar-refractivity contribution in [1.29, 1.82) is 0 Å². The van der Waals surface area contributed by atoms with Crippen molar-refractivity contribution < 1.29 is 18.7 Å². The predicted molar refractivity (Wildman–Crippen MR) is 111 cm³/mol. The highest BCUT2D eigenvalue weighted by molar-refractivity contribution is 7.99. The number of rotatable bonds is 10. The summed E-state index contributed by atoms with van der Waals surface area (Å²) in [6.45, 7) is 0.534. The van der Waals surface area contributed by atoms with Crippen molar-refractivity contribution in [3.63, 3.8) is 0 Å². The van der Waals surface area contributed by atoms with E-state index in [1.54, 1.807) is 14.2 Å². The lowest BCUT2D eigenvalue weighted by atomic mass is 10.1. The highest BCUT2D eigenvalue weighted by Gasteiger charge is 2.11. The summed E-state index contributed by atoms with van der Waals surface area (Å²) >= 11 is 1.22. The maximum absolute atomic E-state index is 12.1. The Kier molecular flexibility index (Phi) is 7.52. The number of methoxy groups -OCH3 is 2. The molecule has 29 heavy (non-hydrogen) atoms. The number of nitrogens with zero attached hydrogens (tertiary/aromatic N) is 2. The molecule has 0 aliphatic carbocycles. The minimum Gasteiger partial charge on any atom is -0.497 e. The molecule has 1 N–H and O–H groups in total. The van der Waals surface area contributed by atoms with E-state index >= 15 is 0 Å². The normalized spacial score (nSPS) is 10.6. The van der Waals surface area contributed by atoms with Crippen LogP contribution >= 0.6 is 11.8 Å². The number of para-hydroxylation sites is 1.